The predicted octanol–water partition coefficient (Wildman–Crippen LogP) is -2.45. The van der Waals surface area contributed by atoms with Gasteiger partial charge in [-0.15, -0.1) is 0 Å². The van der Waals surface area contributed by atoms with E-state index >= 15 is 0 Å². The van der Waals surface area contributed by atoms with E-state index in [1.807, 2.05) is 0 Å². The summed E-state index contributed by atoms with van der Waals surface area (Å²) in [6.07, 6.45) is -7.07. The van der Waals surface area contributed by atoms with Crippen LogP contribution in [0.25, 0.3) is 0 Å². The van der Waals surface area contributed by atoms with Gasteiger partial charge in [-0.05, 0) is 17.7 Å². The van der Waals surface area contributed by atoms with E-state index in [2.05, 4.69) is 10.3 Å². The van der Waals surface area contributed by atoms with E-state index in [0.29, 0.717) is 12.1 Å². The van der Waals surface area contributed by atoms with Gasteiger partial charge in [0.05, 0.1) is 24.9 Å². The van der Waals surface area contributed by atoms with Gasteiger partial charge in [-0.2, -0.15) is 0 Å². The Morgan fingerprint density at radius 2 is 1.92 bits per heavy atom. The number of methoxy groups -OCH3 is 1. The van der Waals surface area contributed by atoms with Crippen LogP contribution in [0.15, 0.2) is 46.1 Å². The van der Waals surface area contributed by atoms with Crippen LogP contribution < -0.4 is 22.3 Å². The van der Waals surface area contributed by atoms with Crippen molar-refractivity contribution >= 4 is 5.97 Å². The van der Waals surface area contributed by atoms with Crippen LogP contribution in [0.4, 0.5) is 0 Å². The molecule has 1 aromatic carbocycles. The lowest BCUT2D eigenvalue weighted by Gasteiger charge is -2.28. The maximum atomic E-state index is 12.2. The second kappa shape index (κ2) is 12.3. The topological polar surface area (TPSA) is 208 Å². The molecule has 0 aliphatic carbocycles. The van der Waals surface area contributed by atoms with Gasteiger partial charge in [0.25, 0.3) is 5.56 Å². The van der Waals surface area contributed by atoms with Gasteiger partial charge >= 0.3 is 11.7 Å². The van der Waals surface area contributed by atoms with Crippen molar-refractivity contribution in [3.8, 4) is 0 Å². The molecule has 2 saturated heterocycles. The zero-order valence-corrected chi connectivity index (χ0v) is 20.6. The monoisotopic (exact) mass is 536 g/mol. The van der Waals surface area contributed by atoms with Crippen molar-refractivity contribution in [2.75, 3.05) is 20.2 Å². The highest BCUT2D eigenvalue weighted by Crippen LogP contribution is 2.32. The number of aliphatic hydroxyl groups excluding tert-OH is 3. The second-order valence-electron chi connectivity index (χ2n) is 9.14. The molecule has 0 radical (unpaired) electrons. The highest BCUT2D eigenvalue weighted by molar-refractivity contribution is 5.89. The number of benzene rings is 1. The minimum Gasteiger partial charge on any atom is -0.465 e. The number of nitrogens with one attached hydrogen (secondary N) is 2. The van der Waals surface area contributed by atoms with Gasteiger partial charge in [-0.1, -0.05) is 12.1 Å². The van der Waals surface area contributed by atoms with Crippen molar-refractivity contribution in [3.63, 3.8) is 0 Å². The SMILES string of the molecule is COC(=O)c1ccc(CNC[C@H](O[C@@H]2O[C@H](CN)[C@@H](O)[C@H]2O)[C@@H]2C[C@@H](O)[C@H](n3ccc(=O)[nH]c3=O)O2)cc1. The number of esters is 1. The molecule has 1 aromatic heterocycles. The van der Waals surface area contributed by atoms with Crippen molar-refractivity contribution in [1.29, 1.82) is 0 Å². The van der Waals surface area contributed by atoms with Gasteiger partial charge in [0, 0.05) is 38.3 Å². The van der Waals surface area contributed by atoms with Crippen molar-refractivity contribution in [2.45, 2.75) is 62.1 Å². The van der Waals surface area contributed by atoms with Gasteiger partial charge in [0.2, 0.25) is 0 Å². The van der Waals surface area contributed by atoms with Crippen LogP contribution in [0.5, 0.6) is 0 Å². The Morgan fingerprint density at radius 1 is 1.18 bits per heavy atom. The van der Waals surface area contributed by atoms with Gasteiger partial charge in [0.1, 0.15) is 24.4 Å². The molecule has 38 heavy (non-hydrogen) atoms. The third-order valence-electron chi connectivity index (χ3n) is 6.57. The molecule has 2 fully saturated rings. The maximum Gasteiger partial charge on any atom is 0.337 e. The highest BCUT2D eigenvalue weighted by atomic mass is 16.7. The van der Waals surface area contributed by atoms with E-state index in [0.717, 1.165) is 16.2 Å². The van der Waals surface area contributed by atoms with Crippen LogP contribution in [0.3, 0.4) is 0 Å². The minimum atomic E-state index is -1.36. The van der Waals surface area contributed by atoms with Gasteiger partial charge in [-0.3, -0.25) is 14.3 Å². The Hall–Kier alpha value is -2.95. The quantitative estimate of drug-likeness (QED) is 0.175. The van der Waals surface area contributed by atoms with Crippen molar-refractivity contribution in [3.05, 3.63) is 68.5 Å². The first-order chi connectivity index (χ1) is 18.2. The maximum absolute atomic E-state index is 12.2. The van der Waals surface area contributed by atoms with E-state index in [1.165, 1.54) is 13.3 Å². The first-order valence-electron chi connectivity index (χ1n) is 12.1. The summed E-state index contributed by atoms with van der Waals surface area (Å²) in [4.78, 5) is 37.4. The standard InChI is InChI=1S/C24H32N4O10/c1-35-22(33)13-4-2-12(3-5-13)10-26-11-17(38-23-20(32)19(31)16(9-25)37-23)15-8-14(29)21(36-15)28-7-6-18(30)27-24(28)34/h2-7,14-17,19-21,23,26,29,31-32H,8-11,25H2,1H3,(H,27,30,34)/t14-,15+,16-,17+,19-,20-,21-,23+/m1/s1. The molecule has 14 heteroatoms. The zero-order chi connectivity index (χ0) is 27.4. The third-order valence-corrected chi connectivity index (χ3v) is 6.57. The predicted molar refractivity (Wildman–Crippen MR) is 130 cm³/mol. The molecule has 0 unspecified atom stereocenters. The Balaban J connectivity index is 1.47. The van der Waals surface area contributed by atoms with Gasteiger partial charge in [-0.25, -0.2) is 9.59 Å². The molecule has 208 valence electrons. The molecule has 7 N–H and O–H groups in total. The van der Waals surface area contributed by atoms with Gasteiger partial charge in [0.15, 0.2) is 12.5 Å². The zero-order valence-electron chi connectivity index (χ0n) is 20.6. The molecular weight excluding hydrogens is 504 g/mol. The van der Waals surface area contributed by atoms with E-state index in [-0.39, 0.29) is 19.5 Å². The summed E-state index contributed by atoms with van der Waals surface area (Å²) >= 11 is 0. The van der Waals surface area contributed by atoms with E-state index < -0.39 is 66.4 Å². The molecule has 0 bridgehead atoms. The summed E-state index contributed by atoms with van der Waals surface area (Å²) in [6.45, 7) is 0.513. The molecule has 2 aliphatic rings. The van der Waals surface area contributed by atoms with E-state index in [1.54, 1.807) is 24.3 Å². The molecule has 8 atom stereocenters. The summed E-state index contributed by atoms with van der Waals surface area (Å²) in [5, 5.41) is 34.4. The van der Waals surface area contributed by atoms with Crippen molar-refractivity contribution in [1.82, 2.24) is 14.9 Å². The molecular formula is C24H32N4O10. The van der Waals surface area contributed by atoms with Crippen LogP contribution in [0.2, 0.25) is 0 Å². The molecule has 3 heterocycles. The summed E-state index contributed by atoms with van der Waals surface area (Å²) < 4.78 is 23.3. The van der Waals surface area contributed by atoms with Crippen molar-refractivity contribution in [2.24, 2.45) is 5.73 Å². The average molecular weight is 537 g/mol. The fourth-order valence-corrected chi connectivity index (χ4v) is 4.49. The lowest BCUT2D eigenvalue weighted by Crippen LogP contribution is -2.44. The Bertz CT molecular complexity index is 1200. The molecule has 0 amide bonds. The number of aromatic nitrogens is 2. The third kappa shape index (κ3) is 6.19. The van der Waals surface area contributed by atoms with E-state index in [4.69, 9.17) is 24.7 Å². The number of aliphatic hydroxyl groups is 3. The van der Waals surface area contributed by atoms with Crippen LogP contribution in [0, 0.1) is 0 Å². The number of H-pyrrole nitrogens is 1. The fourth-order valence-electron chi connectivity index (χ4n) is 4.49. The number of aromatic amines is 1. The fraction of sp³-hybridized carbons (Fsp3) is 0.542. The number of hydrogen-bond acceptors (Lipinski definition) is 12. The van der Waals surface area contributed by atoms with Crippen molar-refractivity contribution < 1.29 is 39.1 Å². The number of rotatable bonds is 10. The second-order valence-corrected chi connectivity index (χ2v) is 9.14. The molecule has 14 nitrogen and oxygen atoms in total. The Labute approximate surface area is 216 Å². The number of hydrogen-bond donors (Lipinski definition) is 6. The smallest absolute Gasteiger partial charge is 0.337 e. The minimum absolute atomic E-state index is 0.0293. The van der Waals surface area contributed by atoms with Gasteiger partial charge < -0.3 is 45.3 Å². The van der Waals surface area contributed by atoms with Crippen LogP contribution in [-0.4, -0.2) is 94.0 Å². The number of carbonyl (C=O) groups is 1. The lowest BCUT2D eigenvalue weighted by atomic mass is 10.1. The molecule has 2 aromatic rings. The number of ether oxygens (including phenoxy) is 4. The first-order valence-corrected chi connectivity index (χ1v) is 12.1. The van der Waals surface area contributed by atoms with Crippen LogP contribution >= 0.6 is 0 Å². The average Bonchev–Trinajstić information content (AvgIpc) is 3.42. The molecule has 4 rings (SSSR count). The highest BCUT2D eigenvalue weighted by Gasteiger charge is 2.46. The molecule has 2 aliphatic heterocycles. The largest absolute Gasteiger partial charge is 0.465 e. The molecule has 0 saturated carbocycles. The number of carbonyl (C=O) groups excluding carboxylic acids is 1. The number of nitrogens with zero attached hydrogens (tertiary/aromatic N) is 1. The summed E-state index contributed by atoms with van der Waals surface area (Å²) in [7, 11) is 1.30. The Morgan fingerprint density at radius 3 is 2.55 bits per heavy atom. The normalized spacial score (nSPS) is 29.9. The number of nitrogens with two attached hydrogens (primary N) is 1. The first kappa shape index (κ1) is 28.1. The van der Waals surface area contributed by atoms with Crippen LogP contribution in [-0.2, 0) is 25.5 Å². The lowest BCUT2D eigenvalue weighted by molar-refractivity contribution is -0.213. The molecule has 0 spiro atoms. The summed E-state index contributed by atoms with van der Waals surface area (Å²) in [5.41, 5.74) is 5.55. The van der Waals surface area contributed by atoms with Crippen LogP contribution in [0.1, 0.15) is 28.6 Å². The summed E-state index contributed by atoms with van der Waals surface area (Å²) in [5.74, 6) is -0.445. The summed E-state index contributed by atoms with van der Waals surface area (Å²) in [6, 6.07) is 7.93. The Kier molecular flexibility index (Phi) is 9.07. The van der Waals surface area contributed by atoms with E-state index in [9.17, 15) is 29.7 Å².